The number of hydrogen-bond acceptors (Lipinski definition) is 4. The van der Waals surface area contributed by atoms with E-state index in [4.69, 9.17) is 4.74 Å². The number of esters is 1. The number of aromatic hydroxyl groups is 1. The molecule has 23 heavy (non-hydrogen) atoms. The predicted octanol–water partition coefficient (Wildman–Crippen LogP) is 3.82. The van der Waals surface area contributed by atoms with Gasteiger partial charge >= 0.3 is 12.6 Å². The highest BCUT2D eigenvalue weighted by atomic mass is 19.3. The molecule has 0 amide bonds. The molecule has 2 rings (SSSR count). The molecule has 0 heterocycles. The molecule has 1 N–H and O–H groups in total. The molecule has 0 saturated heterocycles. The van der Waals surface area contributed by atoms with Crippen LogP contribution in [0.2, 0.25) is 0 Å². The van der Waals surface area contributed by atoms with Gasteiger partial charge < -0.3 is 14.6 Å². The first-order valence-corrected chi connectivity index (χ1v) is 6.90. The minimum atomic E-state index is -2.86. The highest BCUT2D eigenvalue weighted by Crippen LogP contribution is 2.30. The molecular formula is C17H16F2O4. The van der Waals surface area contributed by atoms with E-state index < -0.39 is 12.6 Å². The molecule has 0 fully saturated rings. The summed E-state index contributed by atoms with van der Waals surface area (Å²) in [5.41, 5.74) is 2.25. The summed E-state index contributed by atoms with van der Waals surface area (Å²) in [5, 5.41) is 10.1. The van der Waals surface area contributed by atoms with Gasteiger partial charge in [-0.15, -0.1) is 0 Å². The molecule has 6 heteroatoms. The van der Waals surface area contributed by atoms with Crippen LogP contribution in [0.1, 0.15) is 23.6 Å². The molecule has 0 spiro atoms. The van der Waals surface area contributed by atoms with Crippen LogP contribution >= 0.6 is 0 Å². The topological polar surface area (TPSA) is 55.8 Å². The number of carbonyl (C=O) groups is 1. The van der Waals surface area contributed by atoms with Crippen molar-refractivity contribution in [3.8, 4) is 17.2 Å². The third kappa shape index (κ3) is 4.67. The molecule has 0 aliphatic carbocycles. The standard InChI is InChI=1S/C17H16F2O4/c1-10-7-14(22-11(2)20)9-16(21)15(10)8-12-3-5-13(6-4-12)23-17(18)19/h3-7,9,17,21H,8H2,1-2H3. The Kier molecular flexibility index (Phi) is 5.16. The summed E-state index contributed by atoms with van der Waals surface area (Å²) < 4.78 is 33.5. The van der Waals surface area contributed by atoms with Crippen molar-refractivity contribution in [2.45, 2.75) is 26.9 Å². The quantitative estimate of drug-likeness (QED) is 0.671. The molecule has 4 nitrogen and oxygen atoms in total. The average molecular weight is 322 g/mol. The normalized spacial score (nSPS) is 10.7. The largest absolute Gasteiger partial charge is 0.508 e. The van der Waals surface area contributed by atoms with E-state index >= 15 is 0 Å². The molecule has 0 aliphatic rings. The van der Waals surface area contributed by atoms with Crippen LogP contribution in [0.25, 0.3) is 0 Å². The van der Waals surface area contributed by atoms with Crippen molar-refractivity contribution in [3.63, 3.8) is 0 Å². The van der Waals surface area contributed by atoms with Gasteiger partial charge in [-0.25, -0.2) is 0 Å². The number of hydrogen-bond donors (Lipinski definition) is 1. The molecule has 0 atom stereocenters. The van der Waals surface area contributed by atoms with Crippen LogP contribution in [-0.2, 0) is 11.2 Å². The van der Waals surface area contributed by atoms with E-state index in [0.29, 0.717) is 12.0 Å². The second kappa shape index (κ2) is 7.09. The second-order valence-corrected chi connectivity index (χ2v) is 5.03. The maximum absolute atomic E-state index is 12.1. The molecule has 0 aromatic heterocycles. The third-order valence-electron chi connectivity index (χ3n) is 3.21. The number of aryl methyl sites for hydroxylation is 1. The molecule has 2 aromatic carbocycles. The summed E-state index contributed by atoms with van der Waals surface area (Å²) in [6.45, 7) is 0.209. The number of alkyl halides is 2. The summed E-state index contributed by atoms with van der Waals surface area (Å²) in [4.78, 5) is 11.0. The Morgan fingerprint density at radius 1 is 1.17 bits per heavy atom. The zero-order valence-corrected chi connectivity index (χ0v) is 12.7. The predicted molar refractivity (Wildman–Crippen MR) is 80.0 cm³/mol. The summed E-state index contributed by atoms with van der Waals surface area (Å²) in [6.07, 6.45) is 0.410. The number of carbonyl (C=O) groups excluding carboxylic acids is 1. The van der Waals surface area contributed by atoms with Crippen LogP contribution in [0, 0.1) is 6.92 Å². The first kappa shape index (κ1) is 16.7. The van der Waals surface area contributed by atoms with Crippen molar-refractivity contribution in [2.75, 3.05) is 0 Å². The zero-order chi connectivity index (χ0) is 17.0. The molecule has 0 aliphatic heterocycles. The van der Waals surface area contributed by atoms with Gasteiger partial charge in [0.15, 0.2) is 0 Å². The van der Waals surface area contributed by atoms with Crippen LogP contribution in [0.15, 0.2) is 36.4 Å². The second-order valence-electron chi connectivity index (χ2n) is 5.03. The Bertz CT molecular complexity index is 673. The fourth-order valence-corrected chi connectivity index (χ4v) is 2.21. The molecule has 0 radical (unpaired) electrons. The Balaban J connectivity index is 2.18. The molecular weight excluding hydrogens is 306 g/mol. The van der Waals surface area contributed by atoms with Crippen molar-refractivity contribution < 1.29 is 28.2 Å². The van der Waals surface area contributed by atoms with E-state index in [9.17, 15) is 18.7 Å². The first-order valence-electron chi connectivity index (χ1n) is 6.90. The molecule has 122 valence electrons. The summed E-state index contributed by atoms with van der Waals surface area (Å²) in [6, 6.07) is 9.22. The lowest BCUT2D eigenvalue weighted by Crippen LogP contribution is -2.03. The van der Waals surface area contributed by atoms with Gasteiger partial charge in [-0.3, -0.25) is 4.79 Å². The van der Waals surface area contributed by atoms with Crippen molar-refractivity contribution in [2.24, 2.45) is 0 Å². The molecule has 0 unspecified atom stereocenters. The summed E-state index contributed by atoms with van der Waals surface area (Å²) >= 11 is 0. The van der Waals surface area contributed by atoms with Gasteiger partial charge in [0.25, 0.3) is 0 Å². The molecule has 0 bridgehead atoms. The summed E-state index contributed by atoms with van der Waals surface area (Å²) in [5.74, 6) is -0.104. The van der Waals surface area contributed by atoms with Gasteiger partial charge in [-0.05, 0) is 36.2 Å². The number of ether oxygens (including phenoxy) is 2. The highest BCUT2D eigenvalue weighted by Gasteiger charge is 2.11. The fourth-order valence-electron chi connectivity index (χ4n) is 2.21. The monoisotopic (exact) mass is 322 g/mol. The Labute approximate surface area is 132 Å². The maximum Gasteiger partial charge on any atom is 0.387 e. The highest BCUT2D eigenvalue weighted by molar-refractivity contribution is 5.69. The number of halogens is 2. The van der Waals surface area contributed by atoms with Crippen LogP contribution < -0.4 is 9.47 Å². The van der Waals surface area contributed by atoms with Gasteiger partial charge in [-0.2, -0.15) is 8.78 Å². The van der Waals surface area contributed by atoms with Crippen LogP contribution in [-0.4, -0.2) is 17.7 Å². The lowest BCUT2D eigenvalue weighted by atomic mass is 9.99. The number of benzene rings is 2. The van der Waals surface area contributed by atoms with E-state index in [1.807, 2.05) is 0 Å². The van der Waals surface area contributed by atoms with E-state index in [0.717, 1.165) is 11.1 Å². The lowest BCUT2D eigenvalue weighted by Gasteiger charge is -2.12. The number of rotatable bonds is 5. The average Bonchev–Trinajstić information content (AvgIpc) is 2.43. The minimum Gasteiger partial charge on any atom is -0.508 e. The van der Waals surface area contributed by atoms with Gasteiger partial charge in [0.1, 0.15) is 17.2 Å². The summed E-state index contributed by atoms with van der Waals surface area (Å²) in [7, 11) is 0. The van der Waals surface area contributed by atoms with E-state index in [1.54, 1.807) is 25.1 Å². The minimum absolute atomic E-state index is 0.00848. The lowest BCUT2D eigenvalue weighted by molar-refractivity contribution is -0.131. The Morgan fingerprint density at radius 3 is 2.35 bits per heavy atom. The van der Waals surface area contributed by atoms with Gasteiger partial charge in [-0.1, -0.05) is 12.1 Å². The third-order valence-corrected chi connectivity index (χ3v) is 3.21. The number of phenols is 1. The maximum atomic E-state index is 12.1. The van der Waals surface area contributed by atoms with Crippen LogP contribution in [0.5, 0.6) is 17.2 Å². The van der Waals surface area contributed by atoms with E-state index in [1.165, 1.54) is 25.1 Å². The molecule has 0 saturated carbocycles. The molecule has 2 aromatic rings. The Hall–Kier alpha value is -2.63. The number of phenolic OH excluding ortho intramolecular Hbond substituents is 1. The van der Waals surface area contributed by atoms with Gasteiger partial charge in [0, 0.05) is 25.0 Å². The van der Waals surface area contributed by atoms with Crippen LogP contribution in [0.3, 0.4) is 0 Å². The SMILES string of the molecule is CC(=O)Oc1cc(C)c(Cc2ccc(OC(F)F)cc2)c(O)c1. The van der Waals surface area contributed by atoms with Crippen molar-refractivity contribution in [1.29, 1.82) is 0 Å². The van der Waals surface area contributed by atoms with E-state index in [-0.39, 0.29) is 17.2 Å². The van der Waals surface area contributed by atoms with Crippen LogP contribution in [0.4, 0.5) is 8.78 Å². The van der Waals surface area contributed by atoms with Gasteiger partial charge in [0.2, 0.25) is 0 Å². The van der Waals surface area contributed by atoms with E-state index in [2.05, 4.69) is 4.74 Å². The van der Waals surface area contributed by atoms with Crippen molar-refractivity contribution in [1.82, 2.24) is 0 Å². The van der Waals surface area contributed by atoms with Crippen molar-refractivity contribution in [3.05, 3.63) is 53.1 Å². The Morgan fingerprint density at radius 2 is 1.83 bits per heavy atom. The van der Waals surface area contributed by atoms with Gasteiger partial charge in [0.05, 0.1) is 0 Å². The fraction of sp³-hybridized carbons (Fsp3) is 0.235. The zero-order valence-electron chi connectivity index (χ0n) is 12.7. The smallest absolute Gasteiger partial charge is 0.387 e. The van der Waals surface area contributed by atoms with Crippen molar-refractivity contribution >= 4 is 5.97 Å². The first-order chi connectivity index (χ1) is 10.8.